The van der Waals surface area contributed by atoms with Crippen molar-refractivity contribution in [3.63, 3.8) is 0 Å². The summed E-state index contributed by atoms with van der Waals surface area (Å²) in [5.74, 6) is 0.287. The molecule has 0 unspecified atom stereocenters. The first-order valence-corrected chi connectivity index (χ1v) is 12.4. The number of hydrogen-bond acceptors (Lipinski definition) is 7. The molecule has 36 heavy (non-hydrogen) atoms. The Morgan fingerprint density at radius 3 is 2.56 bits per heavy atom. The lowest BCUT2D eigenvalue weighted by Gasteiger charge is -2.26. The van der Waals surface area contributed by atoms with E-state index in [1.54, 1.807) is 37.4 Å². The summed E-state index contributed by atoms with van der Waals surface area (Å²) in [5, 5.41) is 11.4. The van der Waals surface area contributed by atoms with Gasteiger partial charge in [0.2, 0.25) is 0 Å². The largest absolute Gasteiger partial charge is 0.507 e. The standard InChI is InChI=1S/C28H33NO7/c1-5-34-22-11-8-18(16-23(22)35-6-2)25-24(27(31)28(32)29(25)12-7-13-33-4)26(30)19-9-10-21-20(15-19)14-17(3)36-21/h8-11,15-17,25,30H,5-7,12-14H2,1-4H3/b26-24+/t17-,25+/m1/s1. The minimum absolute atomic E-state index is 0.0459. The molecule has 0 radical (unpaired) electrons. The summed E-state index contributed by atoms with van der Waals surface area (Å²) in [7, 11) is 1.59. The summed E-state index contributed by atoms with van der Waals surface area (Å²) in [6.45, 7) is 7.36. The maximum Gasteiger partial charge on any atom is 0.295 e. The number of carbonyl (C=O) groups excluding carboxylic acids is 2. The smallest absolute Gasteiger partial charge is 0.295 e. The van der Waals surface area contributed by atoms with Crippen LogP contribution in [0.4, 0.5) is 0 Å². The summed E-state index contributed by atoms with van der Waals surface area (Å²) in [6.07, 6.45) is 1.30. The predicted molar refractivity (Wildman–Crippen MR) is 135 cm³/mol. The highest BCUT2D eigenvalue weighted by Gasteiger charge is 2.46. The van der Waals surface area contributed by atoms with Crippen molar-refractivity contribution in [1.82, 2.24) is 4.90 Å². The van der Waals surface area contributed by atoms with Gasteiger partial charge in [-0.3, -0.25) is 9.59 Å². The van der Waals surface area contributed by atoms with E-state index in [-0.39, 0.29) is 17.4 Å². The number of ether oxygens (including phenoxy) is 4. The number of fused-ring (bicyclic) bond motifs is 1. The van der Waals surface area contributed by atoms with Gasteiger partial charge in [0.25, 0.3) is 11.7 Å². The molecule has 0 bridgehead atoms. The normalized spacial score (nSPS) is 20.4. The highest BCUT2D eigenvalue weighted by Crippen LogP contribution is 2.43. The van der Waals surface area contributed by atoms with Gasteiger partial charge in [0.1, 0.15) is 17.6 Å². The van der Waals surface area contributed by atoms with Crippen molar-refractivity contribution in [3.05, 3.63) is 58.7 Å². The molecule has 0 spiro atoms. The average molecular weight is 496 g/mol. The van der Waals surface area contributed by atoms with Crippen molar-refractivity contribution in [2.45, 2.75) is 45.8 Å². The van der Waals surface area contributed by atoms with Gasteiger partial charge >= 0.3 is 0 Å². The number of Topliss-reactive ketones (excluding diaryl/α,β-unsaturated/α-hetero) is 1. The van der Waals surface area contributed by atoms with Gasteiger partial charge in [0.05, 0.1) is 24.8 Å². The van der Waals surface area contributed by atoms with E-state index in [1.807, 2.05) is 26.8 Å². The van der Waals surface area contributed by atoms with E-state index in [4.69, 9.17) is 18.9 Å². The second kappa shape index (κ2) is 11.0. The zero-order valence-electron chi connectivity index (χ0n) is 21.2. The Labute approximate surface area is 211 Å². The van der Waals surface area contributed by atoms with Gasteiger partial charge in [-0.25, -0.2) is 0 Å². The molecule has 1 fully saturated rings. The number of likely N-dealkylation sites (tertiary alicyclic amines) is 1. The van der Waals surface area contributed by atoms with E-state index in [9.17, 15) is 14.7 Å². The number of ketones is 1. The number of benzene rings is 2. The van der Waals surface area contributed by atoms with E-state index in [0.29, 0.717) is 61.8 Å². The average Bonchev–Trinajstić information content (AvgIpc) is 3.36. The van der Waals surface area contributed by atoms with Crippen molar-refractivity contribution in [2.75, 3.05) is 33.5 Å². The summed E-state index contributed by atoms with van der Waals surface area (Å²) in [5.41, 5.74) is 2.13. The van der Waals surface area contributed by atoms with Gasteiger partial charge in [0.15, 0.2) is 11.5 Å². The Balaban J connectivity index is 1.82. The van der Waals surface area contributed by atoms with Crippen molar-refractivity contribution in [1.29, 1.82) is 0 Å². The molecular weight excluding hydrogens is 462 g/mol. The second-order valence-electron chi connectivity index (χ2n) is 8.87. The third-order valence-electron chi connectivity index (χ3n) is 6.34. The molecule has 2 aromatic rings. The molecule has 2 heterocycles. The van der Waals surface area contributed by atoms with Crippen LogP contribution in [0.15, 0.2) is 42.0 Å². The third-order valence-corrected chi connectivity index (χ3v) is 6.34. The fourth-order valence-electron chi connectivity index (χ4n) is 4.80. The van der Waals surface area contributed by atoms with E-state index in [1.165, 1.54) is 4.90 Å². The summed E-state index contributed by atoms with van der Waals surface area (Å²) in [6, 6.07) is 9.91. The molecule has 4 rings (SSSR count). The highest BCUT2D eigenvalue weighted by molar-refractivity contribution is 6.46. The Morgan fingerprint density at radius 2 is 1.83 bits per heavy atom. The quantitative estimate of drug-likeness (QED) is 0.228. The summed E-state index contributed by atoms with van der Waals surface area (Å²) in [4.78, 5) is 27.9. The molecule has 2 aromatic carbocycles. The minimum Gasteiger partial charge on any atom is -0.507 e. The van der Waals surface area contributed by atoms with Gasteiger partial charge in [-0.2, -0.15) is 0 Å². The number of hydrogen-bond donors (Lipinski definition) is 1. The van der Waals surface area contributed by atoms with E-state index in [2.05, 4.69) is 0 Å². The van der Waals surface area contributed by atoms with Crippen LogP contribution in [-0.2, 0) is 20.7 Å². The Hall–Kier alpha value is -3.52. The van der Waals surface area contributed by atoms with Crippen molar-refractivity contribution >= 4 is 17.4 Å². The van der Waals surface area contributed by atoms with Crippen molar-refractivity contribution < 1.29 is 33.6 Å². The molecule has 0 aliphatic carbocycles. The lowest BCUT2D eigenvalue weighted by atomic mass is 9.94. The predicted octanol–water partition coefficient (Wildman–Crippen LogP) is 4.27. The fraction of sp³-hybridized carbons (Fsp3) is 0.429. The Kier molecular flexibility index (Phi) is 7.84. The lowest BCUT2D eigenvalue weighted by Crippen LogP contribution is -2.31. The van der Waals surface area contributed by atoms with Crippen LogP contribution >= 0.6 is 0 Å². The van der Waals surface area contributed by atoms with E-state index in [0.717, 1.165) is 11.3 Å². The Bertz CT molecular complexity index is 1170. The molecule has 0 saturated carbocycles. The number of aliphatic hydroxyl groups is 1. The molecule has 1 saturated heterocycles. The molecular formula is C28H33NO7. The molecule has 0 aromatic heterocycles. The fourth-order valence-corrected chi connectivity index (χ4v) is 4.80. The first-order chi connectivity index (χ1) is 17.4. The first-order valence-electron chi connectivity index (χ1n) is 12.4. The lowest BCUT2D eigenvalue weighted by molar-refractivity contribution is -0.140. The van der Waals surface area contributed by atoms with Crippen LogP contribution in [0.5, 0.6) is 17.2 Å². The summed E-state index contributed by atoms with van der Waals surface area (Å²) >= 11 is 0. The molecule has 2 atom stereocenters. The van der Waals surface area contributed by atoms with Crippen LogP contribution in [0.25, 0.3) is 5.76 Å². The number of rotatable bonds is 10. The van der Waals surface area contributed by atoms with Crippen LogP contribution < -0.4 is 14.2 Å². The SMILES string of the molecule is CCOc1ccc([C@H]2/C(=C(\O)c3ccc4c(c3)C[C@@H](C)O4)C(=O)C(=O)N2CCCOC)cc1OCC. The number of nitrogens with zero attached hydrogens (tertiary/aromatic N) is 1. The molecule has 2 aliphatic rings. The van der Waals surface area contributed by atoms with E-state index >= 15 is 0 Å². The number of carbonyl (C=O) groups is 2. The van der Waals surface area contributed by atoms with Crippen LogP contribution in [0.3, 0.4) is 0 Å². The molecule has 8 heteroatoms. The van der Waals surface area contributed by atoms with Gasteiger partial charge in [-0.05, 0) is 68.7 Å². The van der Waals surface area contributed by atoms with Gasteiger partial charge < -0.3 is 29.0 Å². The molecule has 1 amide bonds. The monoisotopic (exact) mass is 495 g/mol. The number of methoxy groups -OCH3 is 1. The first kappa shape index (κ1) is 25.6. The maximum atomic E-state index is 13.3. The third kappa shape index (κ3) is 4.91. The van der Waals surface area contributed by atoms with Gasteiger partial charge in [-0.15, -0.1) is 0 Å². The van der Waals surface area contributed by atoms with Crippen LogP contribution in [-0.4, -0.2) is 61.3 Å². The van der Waals surface area contributed by atoms with Crippen LogP contribution in [0.1, 0.15) is 49.9 Å². The van der Waals surface area contributed by atoms with Crippen molar-refractivity contribution in [2.24, 2.45) is 0 Å². The molecule has 1 N–H and O–H groups in total. The van der Waals surface area contributed by atoms with Gasteiger partial charge in [-0.1, -0.05) is 6.07 Å². The Morgan fingerprint density at radius 1 is 1.08 bits per heavy atom. The van der Waals surface area contributed by atoms with Crippen molar-refractivity contribution in [3.8, 4) is 17.2 Å². The topological polar surface area (TPSA) is 94.5 Å². The molecule has 2 aliphatic heterocycles. The molecule has 192 valence electrons. The zero-order valence-corrected chi connectivity index (χ0v) is 21.2. The van der Waals surface area contributed by atoms with Crippen LogP contribution in [0, 0.1) is 0 Å². The maximum absolute atomic E-state index is 13.3. The number of aliphatic hydroxyl groups excluding tert-OH is 1. The van der Waals surface area contributed by atoms with E-state index < -0.39 is 17.7 Å². The minimum atomic E-state index is -0.778. The van der Waals surface area contributed by atoms with Gasteiger partial charge in [0, 0.05) is 32.2 Å². The second-order valence-corrected chi connectivity index (χ2v) is 8.87. The summed E-state index contributed by atoms with van der Waals surface area (Å²) < 4.78 is 22.4. The van der Waals surface area contributed by atoms with Crippen LogP contribution in [0.2, 0.25) is 0 Å². The zero-order chi connectivity index (χ0) is 25.8. The number of amides is 1. The molecule has 8 nitrogen and oxygen atoms in total. The highest BCUT2D eigenvalue weighted by atomic mass is 16.5.